The lowest BCUT2D eigenvalue weighted by atomic mass is 10.1. The molecule has 0 bridgehead atoms. The largest absolute Gasteiger partial charge is 0.351 e. The van der Waals surface area contributed by atoms with Crippen LogP contribution >= 0.6 is 0 Å². The third-order valence-corrected chi connectivity index (χ3v) is 5.01. The van der Waals surface area contributed by atoms with E-state index in [1.165, 1.54) is 6.08 Å². The van der Waals surface area contributed by atoms with E-state index in [2.05, 4.69) is 10.6 Å². The zero-order valence-electron chi connectivity index (χ0n) is 17.4. The molecule has 1 saturated heterocycles. The number of urea groups is 1. The molecule has 4 amide bonds. The van der Waals surface area contributed by atoms with Gasteiger partial charge in [-0.1, -0.05) is 60.7 Å². The second-order valence-electron chi connectivity index (χ2n) is 7.31. The van der Waals surface area contributed by atoms with Gasteiger partial charge in [0.2, 0.25) is 11.8 Å². The Bertz CT molecular complexity index is 1120. The minimum atomic E-state index is -0.432. The normalized spacial score (nSPS) is 13.6. The summed E-state index contributed by atoms with van der Waals surface area (Å²) in [6.45, 7) is 0.935. The minimum Gasteiger partial charge on any atom is -0.351 e. The average molecular weight is 429 g/mol. The van der Waals surface area contributed by atoms with Crippen LogP contribution in [-0.4, -0.2) is 52.2 Å². The molecule has 0 unspecified atom stereocenters. The van der Waals surface area contributed by atoms with Crippen molar-refractivity contribution in [3.8, 4) is 11.3 Å². The first-order valence-corrected chi connectivity index (χ1v) is 10.3. The van der Waals surface area contributed by atoms with E-state index >= 15 is 0 Å². The van der Waals surface area contributed by atoms with Gasteiger partial charge in [-0.25, -0.2) is 4.79 Å². The maximum Gasteiger partial charge on any atom is 0.324 e. The fourth-order valence-corrected chi connectivity index (χ4v) is 3.43. The molecular weight excluding hydrogens is 406 g/mol. The van der Waals surface area contributed by atoms with Crippen LogP contribution in [0.15, 0.2) is 72.9 Å². The lowest BCUT2D eigenvalue weighted by molar-refractivity contribution is -0.125. The predicted octanol–water partition coefficient (Wildman–Crippen LogP) is 2.28. The molecule has 4 rings (SSSR count). The number of rotatable bonds is 8. The molecule has 3 aromatic rings. The zero-order chi connectivity index (χ0) is 22.3. The Morgan fingerprint density at radius 1 is 1.06 bits per heavy atom. The maximum atomic E-state index is 12.3. The Balaban J connectivity index is 1.45. The van der Waals surface area contributed by atoms with Gasteiger partial charge in [0.15, 0.2) is 0 Å². The third-order valence-electron chi connectivity index (χ3n) is 5.01. The highest BCUT2D eigenvalue weighted by atomic mass is 16.2. The standard InChI is InChI=1S/C24H23N5O3/c30-21(25-13-14-29-22(31)15-26-24(29)32)12-11-20-17-28(16-18-7-3-1-4-8-18)27-23(20)19-9-5-2-6-10-19/h1-12,17H,13-16H2,(H,25,30)(H,26,32). The summed E-state index contributed by atoms with van der Waals surface area (Å²) < 4.78 is 1.85. The van der Waals surface area contributed by atoms with Crippen molar-refractivity contribution in [3.05, 3.63) is 84.1 Å². The molecular formula is C24H23N5O3. The zero-order valence-corrected chi connectivity index (χ0v) is 17.4. The second kappa shape index (κ2) is 9.74. The summed E-state index contributed by atoms with van der Waals surface area (Å²) in [6.07, 6.45) is 5.06. The van der Waals surface area contributed by atoms with E-state index in [1.54, 1.807) is 6.08 Å². The van der Waals surface area contributed by atoms with Crippen molar-refractivity contribution in [1.29, 1.82) is 0 Å². The minimum absolute atomic E-state index is 0.00190. The third kappa shape index (κ3) is 5.10. The molecule has 0 aliphatic carbocycles. The Hall–Kier alpha value is -4.20. The molecule has 1 fully saturated rings. The molecule has 8 nitrogen and oxygen atoms in total. The Morgan fingerprint density at radius 2 is 1.78 bits per heavy atom. The highest BCUT2D eigenvalue weighted by molar-refractivity contribution is 6.02. The SMILES string of the molecule is O=C(C=Cc1cn(Cc2ccccc2)nc1-c1ccccc1)NCCN1C(=O)CNC1=O. The Labute approximate surface area is 185 Å². The first-order chi connectivity index (χ1) is 15.6. The van der Waals surface area contributed by atoms with Crippen LogP contribution in [-0.2, 0) is 16.1 Å². The van der Waals surface area contributed by atoms with Gasteiger partial charge in [0.05, 0.1) is 18.8 Å². The van der Waals surface area contributed by atoms with Crippen molar-refractivity contribution in [2.75, 3.05) is 19.6 Å². The quantitative estimate of drug-likeness (QED) is 0.424. The van der Waals surface area contributed by atoms with Crippen molar-refractivity contribution in [2.24, 2.45) is 0 Å². The van der Waals surface area contributed by atoms with Crippen molar-refractivity contribution < 1.29 is 14.4 Å². The van der Waals surface area contributed by atoms with Crippen LogP contribution in [0.2, 0.25) is 0 Å². The average Bonchev–Trinajstić information content (AvgIpc) is 3.36. The summed E-state index contributed by atoms with van der Waals surface area (Å²) in [5.74, 6) is -0.606. The first-order valence-electron chi connectivity index (χ1n) is 10.3. The molecule has 0 radical (unpaired) electrons. The van der Waals surface area contributed by atoms with Crippen LogP contribution in [0.3, 0.4) is 0 Å². The lowest BCUT2D eigenvalue weighted by Crippen LogP contribution is -2.38. The molecule has 8 heteroatoms. The molecule has 32 heavy (non-hydrogen) atoms. The van der Waals surface area contributed by atoms with Gasteiger partial charge in [0.25, 0.3) is 0 Å². The van der Waals surface area contributed by atoms with Gasteiger partial charge in [0.1, 0.15) is 0 Å². The Morgan fingerprint density at radius 3 is 2.47 bits per heavy atom. The van der Waals surface area contributed by atoms with Gasteiger partial charge in [-0.15, -0.1) is 0 Å². The van der Waals surface area contributed by atoms with Gasteiger partial charge >= 0.3 is 6.03 Å². The number of hydrogen-bond acceptors (Lipinski definition) is 4. The van der Waals surface area contributed by atoms with Crippen LogP contribution in [0, 0.1) is 0 Å². The molecule has 162 valence electrons. The second-order valence-corrected chi connectivity index (χ2v) is 7.31. The monoisotopic (exact) mass is 429 g/mol. The summed E-state index contributed by atoms with van der Waals surface area (Å²) in [4.78, 5) is 36.5. The molecule has 1 aromatic heterocycles. The van der Waals surface area contributed by atoms with Crippen LogP contribution in [0.4, 0.5) is 4.79 Å². The summed E-state index contributed by atoms with van der Waals surface area (Å²) in [6, 6.07) is 19.4. The topological polar surface area (TPSA) is 96.3 Å². The van der Waals surface area contributed by atoms with Crippen molar-refractivity contribution in [2.45, 2.75) is 6.54 Å². The first kappa shape index (κ1) is 21.0. The molecule has 0 spiro atoms. The fraction of sp³-hybridized carbons (Fsp3) is 0.167. The number of nitrogens with one attached hydrogen (secondary N) is 2. The highest BCUT2D eigenvalue weighted by Crippen LogP contribution is 2.23. The Kier molecular flexibility index (Phi) is 6.41. The molecule has 2 heterocycles. The number of amides is 4. The highest BCUT2D eigenvalue weighted by Gasteiger charge is 2.27. The van der Waals surface area contributed by atoms with Crippen LogP contribution in [0.25, 0.3) is 17.3 Å². The summed E-state index contributed by atoms with van der Waals surface area (Å²) in [5.41, 5.74) is 3.68. The maximum absolute atomic E-state index is 12.3. The van der Waals surface area contributed by atoms with Gasteiger partial charge in [-0.3, -0.25) is 19.2 Å². The predicted molar refractivity (Wildman–Crippen MR) is 120 cm³/mol. The smallest absolute Gasteiger partial charge is 0.324 e. The molecule has 1 aliphatic heterocycles. The van der Waals surface area contributed by atoms with E-state index < -0.39 is 6.03 Å². The van der Waals surface area contributed by atoms with Crippen LogP contribution < -0.4 is 10.6 Å². The van der Waals surface area contributed by atoms with E-state index in [-0.39, 0.29) is 31.4 Å². The van der Waals surface area contributed by atoms with Crippen molar-refractivity contribution >= 4 is 23.9 Å². The molecule has 0 atom stereocenters. The van der Waals surface area contributed by atoms with Crippen LogP contribution in [0.1, 0.15) is 11.1 Å². The van der Waals surface area contributed by atoms with Crippen molar-refractivity contribution in [1.82, 2.24) is 25.3 Å². The number of aromatic nitrogens is 2. The van der Waals surface area contributed by atoms with E-state index in [1.807, 2.05) is 71.5 Å². The molecule has 0 saturated carbocycles. The van der Waals surface area contributed by atoms with E-state index in [4.69, 9.17) is 5.10 Å². The van der Waals surface area contributed by atoms with E-state index in [0.717, 1.165) is 27.3 Å². The summed E-state index contributed by atoms with van der Waals surface area (Å²) >= 11 is 0. The summed E-state index contributed by atoms with van der Waals surface area (Å²) in [5, 5.41) is 9.88. The number of hydrogen-bond donors (Lipinski definition) is 2. The molecule has 1 aliphatic rings. The van der Waals surface area contributed by atoms with Gasteiger partial charge in [-0.05, 0) is 11.6 Å². The molecule has 2 N–H and O–H groups in total. The number of imide groups is 1. The number of nitrogens with zero attached hydrogens (tertiary/aromatic N) is 3. The summed E-state index contributed by atoms with van der Waals surface area (Å²) in [7, 11) is 0. The van der Waals surface area contributed by atoms with E-state index in [0.29, 0.717) is 6.54 Å². The van der Waals surface area contributed by atoms with Gasteiger partial charge in [-0.2, -0.15) is 5.10 Å². The van der Waals surface area contributed by atoms with Gasteiger partial charge < -0.3 is 10.6 Å². The van der Waals surface area contributed by atoms with Gasteiger partial charge in [0, 0.05) is 36.5 Å². The molecule has 2 aromatic carbocycles. The number of benzene rings is 2. The number of carbonyl (C=O) groups is 3. The fourth-order valence-electron chi connectivity index (χ4n) is 3.43. The van der Waals surface area contributed by atoms with E-state index in [9.17, 15) is 14.4 Å². The lowest BCUT2D eigenvalue weighted by Gasteiger charge is -2.11. The number of carbonyl (C=O) groups excluding carboxylic acids is 3. The van der Waals surface area contributed by atoms with Crippen molar-refractivity contribution in [3.63, 3.8) is 0 Å². The van der Waals surface area contributed by atoms with Crippen LogP contribution in [0.5, 0.6) is 0 Å².